The zero-order valence-electron chi connectivity index (χ0n) is 13.9. The van der Waals surface area contributed by atoms with Crippen LogP contribution in [0.5, 0.6) is 0 Å². The van der Waals surface area contributed by atoms with E-state index in [9.17, 15) is 4.79 Å². The number of nitrogens with one attached hydrogen (secondary N) is 1. The molecule has 122 valence electrons. The molecule has 1 amide bonds. The SMILES string of the molecule is Cc1ccccc1[C@H](C(=O)NCc1ccc(CO)cc1)N(C)C. The number of carbonyl (C=O) groups excluding carboxylic acids is 1. The molecule has 2 N–H and O–H groups in total. The topological polar surface area (TPSA) is 52.6 Å². The molecule has 23 heavy (non-hydrogen) atoms. The molecule has 0 fully saturated rings. The molecule has 0 saturated carbocycles. The first-order valence-electron chi connectivity index (χ1n) is 7.71. The van der Waals surface area contributed by atoms with Crippen LogP contribution in [0.15, 0.2) is 48.5 Å². The second-order valence-electron chi connectivity index (χ2n) is 5.92. The molecule has 2 aromatic rings. The number of nitrogens with zero attached hydrogens (tertiary/aromatic N) is 1. The number of rotatable bonds is 6. The minimum Gasteiger partial charge on any atom is -0.392 e. The lowest BCUT2D eigenvalue weighted by molar-refractivity contribution is -0.126. The van der Waals surface area contributed by atoms with E-state index in [0.29, 0.717) is 6.54 Å². The summed E-state index contributed by atoms with van der Waals surface area (Å²) in [5.74, 6) is -0.0180. The number of carbonyl (C=O) groups is 1. The third kappa shape index (κ3) is 4.41. The van der Waals surface area contributed by atoms with Gasteiger partial charge in [0.1, 0.15) is 6.04 Å². The fourth-order valence-electron chi connectivity index (χ4n) is 2.60. The molecule has 4 heteroatoms. The molecule has 0 spiro atoms. The van der Waals surface area contributed by atoms with E-state index in [2.05, 4.69) is 5.32 Å². The lowest BCUT2D eigenvalue weighted by Gasteiger charge is -2.25. The summed E-state index contributed by atoms with van der Waals surface area (Å²) in [6.45, 7) is 2.52. The number of amides is 1. The van der Waals surface area contributed by atoms with Gasteiger partial charge in [-0.15, -0.1) is 0 Å². The number of aliphatic hydroxyl groups is 1. The number of aliphatic hydroxyl groups excluding tert-OH is 1. The molecule has 0 radical (unpaired) electrons. The molecule has 0 aromatic heterocycles. The maximum absolute atomic E-state index is 12.6. The fourth-order valence-corrected chi connectivity index (χ4v) is 2.60. The maximum atomic E-state index is 12.6. The normalized spacial score (nSPS) is 12.2. The summed E-state index contributed by atoms with van der Waals surface area (Å²) in [5.41, 5.74) is 4.00. The number of benzene rings is 2. The van der Waals surface area contributed by atoms with Crippen LogP contribution in [-0.4, -0.2) is 30.0 Å². The molecule has 0 aliphatic rings. The zero-order chi connectivity index (χ0) is 16.8. The Balaban J connectivity index is 2.08. The Bertz CT molecular complexity index is 651. The second kappa shape index (κ2) is 7.90. The third-order valence-corrected chi connectivity index (χ3v) is 3.92. The van der Waals surface area contributed by atoms with Gasteiger partial charge in [0, 0.05) is 6.54 Å². The van der Waals surface area contributed by atoms with Gasteiger partial charge < -0.3 is 10.4 Å². The van der Waals surface area contributed by atoms with Crippen molar-refractivity contribution in [3.8, 4) is 0 Å². The first-order chi connectivity index (χ1) is 11.0. The van der Waals surface area contributed by atoms with Crippen molar-refractivity contribution in [1.29, 1.82) is 0 Å². The Labute approximate surface area is 137 Å². The Morgan fingerprint density at radius 3 is 2.26 bits per heavy atom. The van der Waals surface area contributed by atoms with Gasteiger partial charge in [-0.05, 0) is 43.3 Å². The smallest absolute Gasteiger partial charge is 0.242 e. The largest absolute Gasteiger partial charge is 0.392 e. The minimum atomic E-state index is -0.312. The summed E-state index contributed by atoms with van der Waals surface area (Å²) >= 11 is 0. The van der Waals surface area contributed by atoms with Gasteiger partial charge in [0.25, 0.3) is 0 Å². The minimum absolute atomic E-state index is 0.0180. The van der Waals surface area contributed by atoms with Crippen molar-refractivity contribution in [3.05, 3.63) is 70.8 Å². The average molecular weight is 312 g/mol. The molecule has 4 nitrogen and oxygen atoms in total. The monoisotopic (exact) mass is 312 g/mol. The quantitative estimate of drug-likeness (QED) is 0.861. The predicted octanol–water partition coefficient (Wildman–Crippen LogP) is 2.41. The molecule has 0 unspecified atom stereocenters. The van der Waals surface area contributed by atoms with E-state index in [0.717, 1.165) is 22.3 Å². The Kier molecular flexibility index (Phi) is 5.90. The van der Waals surface area contributed by atoms with Crippen molar-refractivity contribution in [2.24, 2.45) is 0 Å². The predicted molar refractivity (Wildman–Crippen MR) is 91.8 cm³/mol. The standard InChI is InChI=1S/C19H24N2O2/c1-14-6-4-5-7-17(14)18(21(2)3)19(23)20-12-15-8-10-16(13-22)11-9-15/h4-11,18,22H,12-13H2,1-3H3,(H,20,23)/t18-/m1/s1. The van der Waals surface area contributed by atoms with Gasteiger partial charge in [-0.1, -0.05) is 48.5 Å². The van der Waals surface area contributed by atoms with Crippen molar-refractivity contribution in [1.82, 2.24) is 10.2 Å². The lowest BCUT2D eigenvalue weighted by Crippen LogP contribution is -2.37. The van der Waals surface area contributed by atoms with E-state index >= 15 is 0 Å². The Morgan fingerprint density at radius 1 is 1.09 bits per heavy atom. The molecule has 0 bridgehead atoms. The molecular weight excluding hydrogens is 288 g/mol. The highest BCUT2D eigenvalue weighted by Crippen LogP contribution is 2.22. The van der Waals surface area contributed by atoms with Crippen molar-refractivity contribution in [3.63, 3.8) is 0 Å². The van der Waals surface area contributed by atoms with E-state index in [1.807, 2.05) is 74.4 Å². The Morgan fingerprint density at radius 2 is 1.70 bits per heavy atom. The molecule has 0 aliphatic carbocycles. The summed E-state index contributed by atoms with van der Waals surface area (Å²) in [6, 6.07) is 15.2. The van der Waals surface area contributed by atoms with Gasteiger partial charge in [-0.3, -0.25) is 9.69 Å². The summed E-state index contributed by atoms with van der Waals surface area (Å²) in [7, 11) is 3.82. The molecule has 0 aliphatic heterocycles. The van der Waals surface area contributed by atoms with Crippen LogP contribution in [0.2, 0.25) is 0 Å². The van der Waals surface area contributed by atoms with E-state index in [4.69, 9.17) is 5.11 Å². The van der Waals surface area contributed by atoms with Crippen LogP contribution >= 0.6 is 0 Å². The van der Waals surface area contributed by atoms with Crippen molar-refractivity contribution in [2.75, 3.05) is 14.1 Å². The number of hydrogen-bond acceptors (Lipinski definition) is 3. The highest BCUT2D eigenvalue weighted by atomic mass is 16.3. The molecular formula is C19H24N2O2. The van der Waals surface area contributed by atoms with E-state index in [-0.39, 0.29) is 18.6 Å². The molecule has 1 atom stereocenters. The summed E-state index contributed by atoms with van der Waals surface area (Å²) in [4.78, 5) is 14.6. The number of hydrogen-bond donors (Lipinski definition) is 2. The third-order valence-electron chi connectivity index (χ3n) is 3.92. The van der Waals surface area contributed by atoms with Crippen molar-refractivity contribution < 1.29 is 9.90 Å². The van der Waals surface area contributed by atoms with Gasteiger partial charge in [-0.25, -0.2) is 0 Å². The van der Waals surface area contributed by atoms with Gasteiger partial charge >= 0.3 is 0 Å². The lowest BCUT2D eigenvalue weighted by atomic mass is 9.99. The van der Waals surface area contributed by atoms with Crippen LogP contribution < -0.4 is 5.32 Å². The number of likely N-dealkylation sites (N-methyl/N-ethyl adjacent to an activating group) is 1. The molecule has 0 saturated heterocycles. The summed E-state index contributed by atoms with van der Waals surface area (Å²) in [6.07, 6.45) is 0. The second-order valence-corrected chi connectivity index (χ2v) is 5.92. The maximum Gasteiger partial charge on any atom is 0.242 e. The van der Waals surface area contributed by atoms with Gasteiger partial charge in [0.15, 0.2) is 0 Å². The zero-order valence-corrected chi connectivity index (χ0v) is 13.9. The summed E-state index contributed by atoms with van der Waals surface area (Å²) < 4.78 is 0. The fraction of sp³-hybridized carbons (Fsp3) is 0.316. The summed E-state index contributed by atoms with van der Waals surface area (Å²) in [5, 5.41) is 12.1. The average Bonchev–Trinajstić information content (AvgIpc) is 2.55. The van der Waals surface area contributed by atoms with Gasteiger partial charge in [0.05, 0.1) is 6.61 Å². The first kappa shape index (κ1) is 17.2. The van der Waals surface area contributed by atoms with Crippen molar-refractivity contribution >= 4 is 5.91 Å². The highest BCUT2D eigenvalue weighted by molar-refractivity contribution is 5.83. The molecule has 2 rings (SSSR count). The van der Waals surface area contributed by atoms with Crippen LogP contribution in [0.3, 0.4) is 0 Å². The molecule has 0 heterocycles. The van der Waals surface area contributed by atoms with Gasteiger partial charge in [-0.2, -0.15) is 0 Å². The van der Waals surface area contributed by atoms with E-state index in [1.165, 1.54) is 0 Å². The molecule has 2 aromatic carbocycles. The number of aryl methyl sites for hydroxylation is 1. The van der Waals surface area contributed by atoms with E-state index in [1.54, 1.807) is 0 Å². The van der Waals surface area contributed by atoms with Crippen molar-refractivity contribution in [2.45, 2.75) is 26.1 Å². The van der Waals surface area contributed by atoms with Gasteiger partial charge in [0.2, 0.25) is 5.91 Å². The first-order valence-corrected chi connectivity index (χ1v) is 7.71. The van der Waals surface area contributed by atoms with Crippen LogP contribution in [0.4, 0.5) is 0 Å². The van der Waals surface area contributed by atoms with Crippen LogP contribution in [0.1, 0.15) is 28.3 Å². The highest BCUT2D eigenvalue weighted by Gasteiger charge is 2.23. The van der Waals surface area contributed by atoms with Crippen LogP contribution in [0, 0.1) is 6.92 Å². The van der Waals surface area contributed by atoms with Crippen LogP contribution in [0.25, 0.3) is 0 Å². The Hall–Kier alpha value is -2.17. The van der Waals surface area contributed by atoms with E-state index < -0.39 is 0 Å². The van der Waals surface area contributed by atoms with Crippen LogP contribution in [-0.2, 0) is 17.9 Å².